The lowest BCUT2D eigenvalue weighted by molar-refractivity contribution is 0.0697. The van der Waals surface area contributed by atoms with Crippen LogP contribution in [0.15, 0.2) is 121 Å². The van der Waals surface area contributed by atoms with Crippen molar-refractivity contribution in [1.82, 2.24) is 0 Å². The summed E-state index contributed by atoms with van der Waals surface area (Å²) in [4.78, 5) is 13.6. The molecule has 0 atom stereocenters. The summed E-state index contributed by atoms with van der Waals surface area (Å²) in [5.74, 6) is -0.918. The first kappa shape index (κ1) is 23.5. The van der Waals surface area contributed by atoms with Crippen molar-refractivity contribution in [2.75, 3.05) is 4.90 Å². The lowest BCUT2D eigenvalue weighted by Crippen LogP contribution is -2.11. The molecule has 0 bridgehead atoms. The van der Waals surface area contributed by atoms with E-state index >= 15 is 0 Å². The maximum atomic E-state index is 11.3. The fourth-order valence-corrected chi connectivity index (χ4v) is 5.27. The topological polar surface area (TPSA) is 40.5 Å². The molecule has 0 amide bonds. The third-order valence-electron chi connectivity index (χ3n) is 7.31. The van der Waals surface area contributed by atoms with Gasteiger partial charge in [0.2, 0.25) is 0 Å². The molecule has 6 aromatic carbocycles. The van der Waals surface area contributed by atoms with Crippen molar-refractivity contribution in [2.24, 2.45) is 0 Å². The van der Waals surface area contributed by atoms with Gasteiger partial charge >= 0.3 is 5.97 Å². The summed E-state index contributed by atoms with van der Waals surface area (Å²) in [5.41, 5.74) is 8.10. The van der Waals surface area contributed by atoms with Gasteiger partial charge in [-0.15, -0.1) is 0 Å². The number of benzene rings is 6. The highest BCUT2D eigenvalue weighted by Gasteiger charge is 2.19. The van der Waals surface area contributed by atoms with E-state index in [9.17, 15) is 9.90 Å². The van der Waals surface area contributed by atoms with Crippen LogP contribution in [0.25, 0.3) is 32.7 Å². The predicted octanol–water partition coefficient (Wildman–Crippen LogP) is 9.44. The lowest BCUT2D eigenvalue weighted by atomic mass is 9.99. The third kappa shape index (κ3) is 4.08. The van der Waals surface area contributed by atoms with E-state index in [2.05, 4.69) is 116 Å². The molecule has 6 rings (SSSR count). The first-order valence-electron chi connectivity index (χ1n) is 12.7. The molecule has 0 saturated carbocycles. The summed E-state index contributed by atoms with van der Waals surface area (Å²) in [7, 11) is 0. The molecule has 184 valence electrons. The third-order valence-corrected chi connectivity index (χ3v) is 7.31. The van der Waals surface area contributed by atoms with Gasteiger partial charge in [0.15, 0.2) is 0 Å². The zero-order valence-electron chi connectivity index (χ0n) is 21.3. The van der Waals surface area contributed by atoms with Gasteiger partial charge in [-0.25, -0.2) is 4.79 Å². The molecule has 0 aliphatic heterocycles. The van der Waals surface area contributed by atoms with Gasteiger partial charge < -0.3 is 10.0 Å². The first-order valence-corrected chi connectivity index (χ1v) is 12.7. The number of anilines is 3. The summed E-state index contributed by atoms with van der Waals surface area (Å²) in [6.45, 7) is 4.31. The molecule has 0 fully saturated rings. The highest BCUT2D eigenvalue weighted by atomic mass is 16.4. The maximum absolute atomic E-state index is 11.3. The van der Waals surface area contributed by atoms with Crippen molar-refractivity contribution in [1.29, 1.82) is 0 Å². The fraction of sp³-hybridized carbons (Fsp3) is 0.0571. The summed E-state index contributed by atoms with van der Waals surface area (Å²) in [5, 5.41) is 14.1. The van der Waals surface area contributed by atoms with E-state index in [4.69, 9.17) is 0 Å². The fourth-order valence-electron chi connectivity index (χ4n) is 5.27. The largest absolute Gasteiger partial charge is 0.478 e. The van der Waals surface area contributed by atoms with Crippen LogP contribution in [-0.4, -0.2) is 11.1 Å². The highest BCUT2D eigenvalue weighted by Crippen LogP contribution is 2.43. The molecule has 0 aromatic heterocycles. The second-order valence-corrected chi connectivity index (χ2v) is 9.66. The molecule has 0 radical (unpaired) electrons. The number of aromatic carboxylic acids is 1. The van der Waals surface area contributed by atoms with Gasteiger partial charge in [0, 0.05) is 16.5 Å². The van der Waals surface area contributed by atoms with Crippen LogP contribution in [0.5, 0.6) is 0 Å². The number of fused-ring (bicyclic) bond motifs is 2. The molecule has 0 saturated heterocycles. The van der Waals surface area contributed by atoms with Crippen molar-refractivity contribution in [3.63, 3.8) is 0 Å². The minimum Gasteiger partial charge on any atom is -0.478 e. The Kier molecular flexibility index (Phi) is 5.89. The maximum Gasteiger partial charge on any atom is 0.335 e. The number of carbonyl (C=O) groups is 1. The first-order chi connectivity index (χ1) is 18.5. The van der Waals surface area contributed by atoms with Crippen LogP contribution in [0.3, 0.4) is 0 Å². The minimum absolute atomic E-state index is 0.286. The van der Waals surface area contributed by atoms with Crippen LogP contribution in [-0.2, 0) is 0 Å². The molecule has 3 heteroatoms. The molecule has 0 unspecified atom stereocenters. The van der Waals surface area contributed by atoms with Gasteiger partial charge in [-0.3, -0.25) is 0 Å². The Morgan fingerprint density at radius 3 is 1.39 bits per heavy atom. The summed E-state index contributed by atoms with van der Waals surface area (Å²) in [6, 6.07) is 41.5. The van der Waals surface area contributed by atoms with E-state index in [1.54, 1.807) is 12.1 Å². The van der Waals surface area contributed by atoms with Crippen molar-refractivity contribution < 1.29 is 9.90 Å². The molecular weight excluding hydrogens is 466 g/mol. The van der Waals surface area contributed by atoms with Crippen LogP contribution < -0.4 is 4.90 Å². The molecule has 0 aliphatic rings. The molecule has 38 heavy (non-hydrogen) atoms. The van der Waals surface area contributed by atoms with Gasteiger partial charge in [-0.1, -0.05) is 84.9 Å². The van der Waals surface area contributed by atoms with Gasteiger partial charge in [0.05, 0.1) is 16.9 Å². The van der Waals surface area contributed by atoms with Crippen LogP contribution in [0.4, 0.5) is 17.1 Å². The summed E-state index contributed by atoms with van der Waals surface area (Å²) < 4.78 is 0. The standard InChI is InChI=1S/C35H27NO2/c1-23-11-21-33(31-9-5-3-7-29(23)31)36(34-22-12-24(2)30-8-4-6-10-32(30)34)28-19-17-26(18-20-28)25-13-15-27(16-14-25)35(37)38/h3-22H,1-2H3,(H,37,38). The van der Waals surface area contributed by atoms with E-state index in [1.807, 2.05) is 12.1 Å². The number of hydrogen-bond acceptors (Lipinski definition) is 2. The predicted molar refractivity (Wildman–Crippen MR) is 158 cm³/mol. The average molecular weight is 494 g/mol. The second kappa shape index (κ2) is 9.53. The molecule has 3 nitrogen and oxygen atoms in total. The Balaban J connectivity index is 1.55. The molecular formula is C35H27NO2. The van der Waals surface area contributed by atoms with Crippen LogP contribution in [0, 0.1) is 13.8 Å². The Morgan fingerprint density at radius 2 is 0.947 bits per heavy atom. The van der Waals surface area contributed by atoms with E-state index in [-0.39, 0.29) is 5.56 Å². The van der Waals surface area contributed by atoms with Gasteiger partial charge in [0.1, 0.15) is 0 Å². The smallest absolute Gasteiger partial charge is 0.335 e. The second-order valence-electron chi connectivity index (χ2n) is 9.66. The van der Waals surface area contributed by atoms with Gasteiger partial charge in [-0.2, -0.15) is 0 Å². The van der Waals surface area contributed by atoms with Gasteiger partial charge in [-0.05, 0) is 83.3 Å². The summed E-state index contributed by atoms with van der Waals surface area (Å²) >= 11 is 0. The molecule has 6 aromatic rings. The zero-order valence-corrected chi connectivity index (χ0v) is 21.3. The lowest BCUT2D eigenvalue weighted by Gasteiger charge is -2.29. The number of carboxylic acids is 1. The van der Waals surface area contributed by atoms with Crippen molar-refractivity contribution >= 4 is 44.6 Å². The zero-order chi connectivity index (χ0) is 26.2. The average Bonchev–Trinajstić information content (AvgIpc) is 2.96. The van der Waals surface area contributed by atoms with Crippen molar-refractivity contribution in [2.45, 2.75) is 13.8 Å². The number of hydrogen-bond donors (Lipinski definition) is 1. The Hall–Kier alpha value is -4.89. The van der Waals surface area contributed by atoms with Crippen LogP contribution in [0.1, 0.15) is 21.5 Å². The van der Waals surface area contributed by atoms with Gasteiger partial charge in [0.25, 0.3) is 0 Å². The molecule has 0 spiro atoms. The SMILES string of the molecule is Cc1ccc(N(c2ccc(-c3ccc(C(=O)O)cc3)cc2)c2ccc(C)c3ccccc23)c2ccccc12. The number of aryl methyl sites for hydroxylation is 2. The highest BCUT2D eigenvalue weighted by molar-refractivity contribution is 6.06. The quantitative estimate of drug-likeness (QED) is 0.260. The van der Waals surface area contributed by atoms with E-state index in [0.717, 1.165) is 28.2 Å². The Morgan fingerprint density at radius 1 is 0.526 bits per heavy atom. The number of nitrogens with zero attached hydrogens (tertiary/aromatic N) is 1. The number of carboxylic acid groups (broad SMARTS) is 1. The molecule has 0 heterocycles. The number of rotatable bonds is 5. The Labute approximate surface area is 222 Å². The van der Waals surface area contributed by atoms with E-state index < -0.39 is 5.97 Å². The molecule has 0 aliphatic carbocycles. The monoisotopic (exact) mass is 493 g/mol. The van der Waals surface area contributed by atoms with Crippen LogP contribution >= 0.6 is 0 Å². The van der Waals surface area contributed by atoms with Crippen molar-refractivity contribution in [3.05, 3.63) is 138 Å². The van der Waals surface area contributed by atoms with Crippen LogP contribution in [0.2, 0.25) is 0 Å². The van der Waals surface area contributed by atoms with Crippen molar-refractivity contribution in [3.8, 4) is 11.1 Å². The minimum atomic E-state index is -0.918. The normalized spacial score (nSPS) is 11.1. The Bertz CT molecular complexity index is 1720. The summed E-state index contributed by atoms with van der Waals surface area (Å²) in [6.07, 6.45) is 0. The molecule has 1 N–H and O–H groups in total. The van der Waals surface area contributed by atoms with E-state index in [0.29, 0.717) is 0 Å². The van der Waals surface area contributed by atoms with E-state index in [1.165, 1.54) is 32.7 Å².